The molecule has 0 spiro atoms. The van der Waals surface area contributed by atoms with Crippen LogP contribution >= 0.6 is 11.6 Å². The van der Waals surface area contributed by atoms with Crippen molar-refractivity contribution in [1.82, 2.24) is 52.7 Å². The number of fused-ring (bicyclic) bond motifs is 7. The summed E-state index contributed by atoms with van der Waals surface area (Å²) >= 11 is 4.95. The maximum atomic E-state index is 5.96. The van der Waals surface area contributed by atoms with Crippen LogP contribution in [0.3, 0.4) is 0 Å². The van der Waals surface area contributed by atoms with Gasteiger partial charge in [0.25, 0.3) is 0 Å². The largest absolute Gasteiger partial charge is 0.361 e. The smallest absolute Gasteiger partial charge is 0.160 e. The number of H-pyrrole nitrogens is 1. The molecular formula is C69H100ClN13O2Si2. The van der Waals surface area contributed by atoms with Gasteiger partial charge in [0.05, 0.1) is 59.6 Å². The van der Waals surface area contributed by atoms with Crippen LogP contribution in [0.15, 0.2) is 79.6 Å². The van der Waals surface area contributed by atoms with E-state index in [2.05, 4.69) is 193 Å². The Morgan fingerprint density at radius 3 is 1.62 bits per heavy atom. The predicted octanol–water partition coefficient (Wildman–Crippen LogP) is 14.5. The first kappa shape index (κ1) is 66.9. The van der Waals surface area contributed by atoms with Crippen LogP contribution in [0.2, 0.25) is 51.4 Å². The SMILES string of the molecule is C#CCCl.C#CCN1CCCCC1C.CC1CCCCN1CC#Cc1cnc2c(ccn2COCC[Si](C)(C)C)n1.CC1CCCCN1c1ccc2cnc3[nH]ccc3n12.CC1CCCCN1c1ccc2cnc3c(ccn3COCC[Si](C)(C)C)n12. The zero-order valence-electron chi connectivity index (χ0n) is 54.2. The van der Waals surface area contributed by atoms with Crippen molar-refractivity contribution in [3.8, 4) is 36.5 Å². The van der Waals surface area contributed by atoms with Gasteiger partial charge in [0.15, 0.2) is 16.9 Å². The minimum Gasteiger partial charge on any atom is -0.361 e. The molecule has 468 valence electrons. The molecule has 4 saturated heterocycles. The molecule has 4 aliphatic rings. The lowest BCUT2D eigenvalue weighted by atomic mass is 10.0. The summed E-state index contributed by atoms with van der Waals surface area (Å²) in [6.07, 6.45) is 37.4. The Bertz CT molecular complexity index is 3560. The fourth-order valence-electron chi connectivity index (χ4n) is 12.0. The van der Waals surface area contributed by atoms with Crippen molar-refractivity contribution in [2.24, 2.45) is 0 Å². The molecule has 8 aromatic heterocycles. The van der Waals surface area contributed by atoms with Crippen molar-refractivity contribution < 1.29 is 9.47 Å². The van der Waals surface area contributed by atoms with Gasteiger partial charge in [0.1, 0.15) is 36.3 Å². The predicted molar refractivity (Wildman–Crippen MR) is 370 cm³/mol. The number of alkyl halides is 1. The fraction of sp³-hybridized carbons (Fsp3) is 0.565. The standard InChI is InChI=1S/2C21H32N4OSi.C15H18N4.C9H15N.C3H3Cl/c1-17-7-5-6-11-24(17)20-9-8-18-15-22-21-19(25(18)20)10-12-23(21)16-26-13-14-27(2,3)4;1-18-8-5-6-11-24(18)12-7-9-19-16-22-21-20(23-19)10-13-25(21)17-26-14-15-27(2,3)4;1-11-4-2-3-9-18(11)14-6-5-12-10-17-15-13(19(12)14)7-8-16-15;1-3-7-10-8-5-4-6-9(10)2;1-2-3-4/h8-10,12,15,17H,5-7,11,13-14,16H2,1-4H3;10,13,16,18H,5-6,8,11-12,14-15,17H2,1-4H3;5-8,10-11,16H,2-4,9H2,1H3;1,9H,4-8H2,2H3;1H,3H2. The highest BCUT2D eigenvalue weighted by Gasteiger charge is 2.25. The van der Waals surface area contributed by atoms with Crippen LogP contribution in [-0.2, 0) is 22.9 Å². The summed E-state index contributed by atoms with van der Waals surface area (Å²) in [5.74, 6) is 14.3. The monoisotopic (exact) mass is 1230 g/mol. The summed E-state index contributed by atoms with van der Waals surface area (Å²) < 4.78 is 20.6. The lowest BCUT2D eigenvalue weighted by molar-refractivity contribution is 0.0898. The molecule has 0 amide bonds. The van der Waals surface area contributed by atoms with Crippen LogP contribution in [0.25, 0.3) is 44.5 Å². The van der Waals surface area contributed by atoms with Gasteiger partial charge < -0.3 is 33.4 Å². The first-order valence-corrected chi connectivity index (χ1v) is 40.2. The molecule has 4 atom stereocenters. The van der Waals surface area contributed by atoms with E-state index in [0.29, 0.717) is 43.5 Å². The molecule has 12 rings (SSSR count). The van der Waals surface area contributed by atoms with Gasteiger partial charge in [-0.05, 0) is 165 Å². The Labute approximate surface area is 527 Å². The molecule has 0 saturated carbocycles. The molecule has 18 heteroatoms. The molecule has 87 heavy (non-hydrogen) atoms. The fourth-order valence-corrected chi connectivity index (χ4v) is 13.6. The van der Waals surface area contributed by atoms with Crippen LogP contribution in [-0.4, -0.2) is 151 Å². The number of terminal acetylenes is 2. The van der Waals surface area contributed by atoms with E-state index in [1.54, 1.807) is 6.20 Å². The molecule has 0 bridgehead atoms. The second kappa shape index (κ2) is 32.4. The van der Waals surface area contributed by atoms with E-state index < -0.39 is 16.1 Å². The van der Waals surface area contributed by atoms with Gasteiger partial charge in [0, 0.05) is 85.2 Å². The third-order valence-electron chi connectivity index (χ3n) is 17.4. The van der Waals surface area contributed by atoms with Crippen molar-refractivity contribution in [3.05, 3.63) is 85.3 Å². The average molecular weight is 1240 g/mol. The number of likely N-dealkylation sites (tertiary alicyclic amines) is 2. The lowest BCUT2D eigenvalue weighted by Gasteiger charge is -2.35. The first-order valence-electron chi connectivity index (χ1n) is 32.3. The van der Waals surface area contributed by atoms with Gasteiger partial charge in [0.2, 0.25) is 0 Å². The molecule has 0 radical (unpaired) electrons. The number of piperidine rings is 4. The Kier molecular flexibility index (Phi) is 24.9. The molecule has 12 heterocycles. The van der Waals surface area contributed by atoms with Crippen LogP contribution in [0.4, 0.5) is 11.6 Å². The number of rotatable bonds is 14. The van der Waals surface area contributed by atoms with Crippen molar-refractivity contribution in [2.75, 3.05) is 68.2 Å². The first-order chi connectivity index (χ1) is 42.0. The Balaban J connectivity index is 0.000000154. The molecule has 4 aliphatic heterocycles. The van der Waals surface area contributed by atoms with Crippen LogP contribution in [0.5, 0.6) is 0 Å². The summed E-state index contributed by atoms with van der Waals surface area (Å²) in [4.78, 5) is 31.5. The highest BCUT2D eigenvalue weighted by molar-refractivity contribution is 6.76. The molecule has 8 aromatic rings. The summed E-state index contributed by atoms with van der Waals surface area (Å²) in [5, 5.41) is 0. The summed E-state index contributed by atoms with van der Waals surface area (Å²) in [7, 11) is -2.10. The van der Waals surface area contributed by atoms with E-state index in [-0.39, 0.29) is 0 Å². The zero-order valence-corrected chi connectivity index (χ0v) is 57.0. The van der Waals surface area contributed by atoms with Crippen LogP contribution in [0, 0.1) is 36.5 Å². The van der Waals surface area contributed by atoms with Crippen LogP contribution < -0.4 is 9.80 Å². The number of anilines is 2. The number of nitrogens with one attached hydrogen (secondary N) is 1. The summed E-state index contributed by atoms with van der Waals surface area (Å²) in [5.41, 5.74) is 9.08. The molecular weight excluding hydrogens is 1130 g/mol. The van der Waals surface area contributed by atoms with E-state index in [4.69, 9.17) is 32.5 Å². The second-order valence-corrected chi connectivity index (χ2v) is 38.1. The summed E-state index contributed by atoms with van der Waals surface area (Å²) in [6.45, 7) is 32.5. The molecule has 0 aliphatic carbocycles. The molecule has 4 fully saturated rings. The highest BCUT2D eigenvalue weighted by Crippen LogP contribution is 2.32. The van der Waals surface area contributed by atoms with Crippen molar-refractivity contribution in [2.45, 2.75) is 194 Å². The Morgan fingerprint density at radius 2 is 1.08 bits per heavy atom. The van der Waals surface area contributed by atoms with Gasteiger partial charge in [-0.2, -0.15) is 0 Å². The van der Waals surface area contributed by atoms with Gasteiger partial charge in [-0.1, -0.05) is 69.9 Å². The Morgan fingerprint density at radius 1 is 0.575 bits per heavy atom. The minimum atomic E-state index is -1.05. The topological polar surface area (TPSA) is 117 Å². The van der Waals surface area contributed by atoms with E-state index in [1.807, 2.05) is 35.4 Å². The third-order valence-corrected chi connectivity index (χ3v) is 21.0. The van der Waals surface area contributed by atoms with E-state index in [1.165, 1.54) is 118 Å². The van der Waals surface area contributed by atoms with Gasteiger partial charge in [-0.15, -0.1) is 24.4 Å². The third kappa shape index (κ3) is 18.7. The average Bonchev–Trinajstić information content (AvgIpc) is 1.72. The maximum Gasteiger partial charge on any atom is 0.160 e. The molecule has 15 nitrogen and oxygen atoms in total. The number of aromatic amines is 1. The van der Waals surface area contributed by atoms with Gasteiger partial charge in [-0.25, -0.2) is 19.9 Å². The van der Waals surface area contributed by atoms with E-state index in [0.717, 1.165) is 85.1 Å². The minimum absolute atomic E-state index is 0.319. The van der Waals surface area contributed by atoms with Gasteiger partial charge >= 0.3 is 0 Å². The van der Waals surface area contributed by atoms with Crippen molar-refractivity contribution in [3.63, 3.8) is 0 Å². The Hall–Kier alpha value is -6.08. The van der Waals surface area contributed by atoms with Crippen molar-refractivity contribution >= 4 is 83.9 Å². The number of ether oxygens (including phenoxy) is 2. The van der Waals surface area contributed by atoms with Crippen molar-refractivity contribution in [1.29, 1.82) is 0 Å². The number of halogens is 1. The second-order valence-electron chi connectivity index (χ2n) is 26.6. The number of hydrogen-bond donors (Lipinski definition) is 1. The molecule has 0 aromatic carbocycles. The maximum absolute atomic E-state index is 5.96. The highest BCUT2D eigenvalue weighted by atomic mass is 35.5. The van der Waals surface area contributed by atoms with E-state index >= 15 is 0 Å². The summed E-state index contributed by atoms with van der Waals surface area (Å²) in [6, 6.07) is 20.0. The molecule has 4 unspecified atom stereocenters. The lowest BCUT2D eigenvalue weighted by Crippen LogP contribution is -2.38. The quantitative estimate of drug-likeness (QED) is 0.0488. The number of nitrogens with zero attached hydrogens (tertiary/aromatic N) is 12. The van der Waals surface area contributed by atoms with Gasteiger partial charge in [-0.3, -0.25) is 18.6 Å². The number of aromatic nitrogens is 9. The zero-order chi connectivity index (χ0) is 61.9. The van der Waals surface area contributed by atoms with E-state index in [9.17, 15) is 0 Å². The number of hydrogen-bond acceptors (Lipinski definition) is 10. The van der Waals surface area contributed by atoms with Crippen LogP contribution in [0.1, 0.15) is 110 Å². The normalized spacial score (nSPS) is 19.4. The molecule has 1 N–H and O–H groups in total.